The topological polar surface area (TPSA) is 74.3 Å². The normalized spacial score (nSPS) is 16.5. The average molecular weight is 387 g/mol. The van der Waals surface area contributed by atoms with Crippen LogP contribution in [0.5, 0.6) is 0 Å². The Labute approximate surface area is 154 Å². The molecule has 0 saturated carbocycles. The van der Waals surface area contributed by atoms with E-state index in [1.807, 2.05) is 25.2 Å². The summed E-state index contributed by atoms with van der Waals surface area (Å²) in [5.41, 5.74) is 0.478. The molecule has 1 fully saturated rings. The van der Waals surface area contributed by atoms with Gasteiger partial charge in [0.05, 0.1) is 5.02 Å². The molecule has 136 valence electrons. The number of halogens is 2. The summed E-state index contributed by atoms with van der Waals surface area (Å²) >= 11 is 4.52. The van der Waals surface area contributed by atoms with Gasteiger partial charge in [-0.3, -0.25) is 9.78 Å². The van der Waals surface area contributed by atoms with Gasteiger partial charge >= 0.3 is 0 Å². The second-order valence-electron chi connectivity index (χ2n) is 4.76. The predicted octanol–water partition coefficient (Wildman–Crippen LogP) is 2.62. The van der Waals surface area contributed by atoms with Gasteiger partial charge in [-0.05, 0) is 36.8 Å². The number of nitrogens with one attached hydrogen (secondary N) is 2. The Hall–Kier alpha value is -1.87. The fourth-order valence-electron chi connectivity index (χ4n) is 1.62. The number of aromatic nitrogens is 1. The van der Waals surface area contributed by atoms with Crippen molar-refractivity contribution in [1.29, 1.82) is 0 Å². The smallest absolute Gasteiger partial charge is 0.211 e. The number of benzene rings is 1. The highest BCUT2D eigenvalue weighted by Crippen LogP contribution is 2.18. The highest BCUT2D eigenvalue weighted by atomic mass is 35.5. The average Bonchev–Trinajstić information content (AvgIpc) is 2.64. The zero-order valence-corrected chi connectivity index (χ0v) is 15.3. The van der Waals surface area contributed by atoms with Gasteiger partial charge in [-0.2, -0.15) is 0 Å². The number of anilines is 1. The summed E-state index contributed by atoms with van der Waals surface area (Å²) in [7, 11) is 1.85. The Morgan fingerprint density at radius 2 is 2.08 bits per heavy atom. The van der Waals surface area contributed by atoms with E-state index in [1.54, 1.807) is 16.7 Å². The van der Waals surface area contributed by atoms with Crippen LogP contribution in [-0.4, -0.2) is 40.0 Å². The van der Waals surface area contributed by atoms with E-state index in [9.17, 15) is 13.4 Å². The zero-order chi connectivity index (χ0) is 18.5. The number of hydrogen-bond acceptors (Lipinski definition) is 3. The summed E-state index contributed by atoms with van der Waals surface area (Å²) in [6, 6.07) is 9.67. The summed E-state index contributed by atoms with van der Waals surface area (Å²) in [6.07, 6.45) is 5.10. The first-order valence-electron chi connectivity index (χ1n) is 7.41. The first-order chi connectivity index (χ1) is 12.0. The van der Waals surface area contributed by atoms with E-state index in [4.69, 9.17) is 11.6 Å². The molecule has 1 saturated heterocycles. The quantitative estimate of drug-likeness (QED) is 0.779. The highest BCUT2D eigenvalue weighted by Gasteiger charge is 2.10. The van der Waals surface area contributed by atoms with Crippen LogP contribution in [0.25, 0.3) is 0 Å². The zero-order valence-electron chi connectivity index (χ0n) is 13.7. The predicted molar refractivity (Wildman–Crippen MR) is 98.7 cm³/mol. The summed E-state index contributed by atoms with van der Waals surface area (Å²) in [5.74, 6) is -0.497. The minimum Gasteiger partial charge on any atom is -0.329 e. The van der Waals surface area contributed by atoms with Gasteiger partial charge in [-0.25, -0.2) is 17.6 Å². The molecule has 2 N–H and O–H groups in total. The molecular formula is C16H20ClFN4O2S. The molecule has 0 radical (unpaired) electrons. The van der Waals surface area contributed by atoms with Gasteiger partial charge in [0.25, 0.3) is 0 Å². The van der Waals surface area contributed by atoms with Crippen molar-refractivity contribution in [3.63, 3.8) is 0 Å². The van der Waals surface area contributed by atoms with Crippen molar-refractivity contribution in [2.24, 2.45) is 0 Å². The van der Waals surface area contributed by atoms with E-state index in [2.05, 4.69) is 15.0 Å². The number of pyridine rings is 1. The molecule has 1 amide bonds. The Balaban J connectivity index is 0.000000197. The van der Waals surface area contributed by atoms with E-state index in [0.29, 0.717) is 12.1 Å². The van der Waals surface area contributed by atoms with E-state index < -0.39 is 17.0 Å². The van der Waals surface area contributed by atoms with Crippen LogP contribution in [-0.2, 0) is 16.0 Å². The fraction of sp³-hybridized carbons (Fsp3) is 0.250. The Kier molecular flexibility index (Phi) is 10.6. The minimum atomic E-state index is -0.902. The minimum absolute atomic E-state index is 0.00292. The van der Waals surface area contributed by atoms with Crippen LogP contribution in [0, 0.1) is 5.82 Å². The Morgan fingerprint density at radius 3 is 2.48 bits per heavy atom. The molecule has 1 unspecified atom stereocenters. The molecule has 3 rings (SSSR count). The number of nitrogens with zero attached hydrogens (tertiary/aromatic N) is 2. The van der Waals surface area contributed by atoms with Crippen molar-refractivity contribution in [2.75, 3.05) is 25.5 Å². The first-order valence-corrected chi connectivity index (χ1v) is 8.90. The van der Waals surface area contributed by atoms with Crippen LogP contribution in [0.1, 0.15) is 6.42 Å². The van der Waals surface area contributed by atoms with Crippen molar-refractivity contribution < 1.29 is 13.4 Å². The van der Waals surface area contributed by atoms with E-state index >= 15 is 0 Å². The summed E-state index contributed by atoms with van der Waals surface area (Å²) < 4.78 is 27.8. The third-order valence-corrected chi connectivity index (χ3v) is 4.36. The molecule has 25 heavy (non-hydrogen) atoms. The van der Waals surface area contributed by atoms with E-state index in [1.165, 1.54) is 18.2 Å². The lowest BCUT2D eigenvalue weighted by atomic mass is 10.3. The number of carbonyl (C=O) groups excluding carboxylic acids is 1. The lowest BCUT2D eigenvalue weighted by Crippen LogP contribution is -2.39. The van der Waals surface area contributed by atoms with Crippen LogP contribution < -0.4 is 10.0 Å². The highest BCUT2D eigenvalue weighted by molar-refractivity contribution is 7.80. The molecule has 1 aromatic carbocycles. The SMILES string of the molecule is CN1CCCNS1=O.O=CNc1ccc(F)c(Cl)c1.c1ccncc1. The van der Waals surface area contributed by atoms with Crippen molar-refractivity contribution >= 4 is 34.9 Å². The largest absolute Gasteiger partial charge is 0.329 e. The van der Waals surface area contributed by atoms with Crippen LogP contribution in [0.15, 0.2) is 48.8 Å². The van der Waals surface area contributed by atoms with Crippen molar-refractivity contribution in [2.45, 2.75) is 6.42 Å². The number of carbonyl (C=O) groups is 1. The lowest BCUT2D eigenvalue weighted by Gasteiger charge is -2.20. The van der Waals surface area contributed by atoms with E-state index in [-0.39, 0.29) is 5.02 Å². The van der Waals surface area contributed by atoms with Crippen molar-refractivity contribution in [3.8, 4) is 0 Å². The molecule has 1 aliphatic rings. The lowest BCUT2D eigenvalue weighted by molar-refractivity contribution is -0.105. The summed E-state index contributed by atoms with van der Waals surface area (Å²) in [4.78, 5) is 13.7. The Morgan fingerprint density at radius 1 is 1.36 bits per heavy atom. The second kappa shape index (κ2) is 12.5. The number of amides is 1. The third-order valence-electron chi connectivity index (χ3n) is 2.87. The number of hydrogen-bond donors (Lipinski definition) is 2. The van der Waals surface area contributed by atoms with Gasteiger partial charge in [0, 0.05) is 38.2 Å². The maximum absolute atomic E-state index is 12.5. The number of rotatable bonds is 2. The third kappa shape index (κ3) is 9.25. The van der Waals surface area contributed by atoms with Gasteiger partial charge in [0.2, 0.25) is 6.41 Å². The first kappa shape index (κ1) is 21.2. The van der Waals surface area contributed by atoms with Crippen LogP contribution >= 0.6 is 11.6 Å². The molecule has 2 heterocycles. The van der Waals surface area contributed by atoms with Crippen molar-refractivity contribution in [3.05, 3.63) is 59.6 Å². The van der Waals surface area contributed by atoms with Crippen LogP contribution in [0.2, 0.25) is 5.02 Å². The molecule has 0 bridgehead atoms. The maximum Gasteiger partial charge on any atom is 0.211 e. The summed E-state index contributed by atoms with van der Waals surface area (Å²) in [5, 5.41) is 2.34. The molecule has 0 spiro atoms. The standard InChI is InChI=1S/C7H5ClFNO.C5H5N.C4H10N2OS/c8-6-3-5(10-4-11)1-2-7(6)9;1-2-4-6-5-3-1;1-6-4-2-3-5-8(6)7/h1-4H,(H,10,11);1-5H;5H,2-4H2,1H3. The van der Waals surface area contributed by atoms with Gasteiger partial charge in [-0.1, -0.05) is 17.7 Å². The van der Waals surface area contributed by atoms with E-state index in [0.717, 1.165) is 19.5 Å². The molecule has 0 aliphatic carbocycles. The maximum atomic E-state index is 12.5. The fourth-order valence-corrected chi connectivity index (χ4v) is 2.64. The van der Waals surface area contributed by atoms with Gasteiger partial charge < -0.3 is 5.32 Å². The molecule has 1 atom stereocenters. The van der Waals surface area contributed by atoms with Crippen molar-refractivity contribution in [1.82, 2.24) is 14.0 Å². The molecule has 2 aromatic rings. The summed E-state index contributed by atoms with van der Waals surface area (Å²) in [6.45, 7) is 1.83. The van der Waals surface area contributed by atoms with Gasteiger partial charge in [0.15, 0.2) is 11.2 Å². The molecular weight excluding hydrogens is 367 g/mol. The Bertz CT molecular complexity index is 637. The van der Waals surface area contributed by atoms with Gasteiger partial charge in [0.1, 0.15) is 5.82 Å². The second-order valence-corrected chi connectivity index (χ2v) is 6.58. The molecule has 6 nitrogen and oxygen atoms in total. The molecule has 1 aromatic heterocycles. The monoisotopic (exact) mass is 386 g/mol. The van der Waals surface area contributed by atoms with Crippen LogP contribution in [0.4, 0.5) is 10.1 Å². The molecule has 1 aliphatic heterocycles. The van der Waals surface area contributed by atoms with Crippen LogP contribution in [0.3, 0.4) is 0 Å². The molecule has 9 heteroatoms. The van der Waals surface area contributed by atoms with Gasteiger partial charge in [-0.15, -0.1) is 0 Å².